The smallest absolute Gasteiger partial charge is 0.0414 e. The zero-order valence-corrected chi connectivity index (χ0v) is 11.4. The van der Waals surface area contributed by atoms with Crippen LogP contribution < -0.4 is 5.11 Å². The highest BCUT2D eigenvalue weighted by Gasteiger charge is 1.88. The van der Waals surface area contributed by atoms with Crippen LogP contribution in [-0.2, 0) is 4.79 Å². The minimum Gasteiger partial charge on any atom is -0.550 e. The highest BCUT2D eigenvalue weighted by Crippen LogP contribution is 2.03. The Hall–Kier alpha value is -1.31. The average Bonchev–Trinajstić information content (AvgIpc) is 2.34. The molecule has 102 valence electrons. The molecule has 0 fully saturated rings. The van der Waals surface area contributed by atoms with Crippen molar-refractivity contribution in [2.24, 2.45) is 0 Å². The van der Waals surface area contributed by atoms with Crippen LogP contribution in [0, 0.1) is 0 Å². The molecule has 2 heteroatoms. The van der Waals surface area contributed by atoms with Crippen molar-refractivity contribution in [1.82, 2.24) is 0 Å². The third-order valence-electron chi connectivity index (χ3n) is 2.53. The second-order valence-corrected chi connectivity index (χ2v) is 4.27. The zero-order chi connectivity index (χ0) is 13.5. The molecule has 0 saturated carbocycles. The third kappa shape index (κ3) is 14.7. The van der Waals surface area contributed by atoms with Crippen LogP contribution in [0.1, 0.15) is 58.3 Å². The van der Waals surface area contributed by atoms with Gasteiger partial charge in [-0.25, -0.2) is 0 Å². The molecule has 0 amide bonds. The first-order chi connectivity index (χ1) is 8.77. The second-order valence-electron chi connectivity index (χ2n) is 4.27. The van der Waals surface area contributed by atoms with E-state index in [0.29, 0.717) is 0 Å². The molecule has 18 heavy (non-hydrogen) atoms. The van der Waals surface area contributed by atoms with Gasteiger partial charge in [-0.1, -0.05) is 49.8 Å². The van der Waals surface area contributed by atoms with Gasteiger partial charge in [-0.2, -0.15) is 0 Å². The van der Waals surface area contributed by atoms with Gasteiger partial charge in [0.05, 0.1) is 0 Å². The Morgan fingerprint density at radius 2 is 1.50 bits per heavy atom. The number of hydrogen-bond acceptors (Lipinski definition) is 2. The number of rotatable bonds is 11. The van der Waals surface area contributed by atoms with E-state index in [0.717, 1.165) is 44.9 Å². The average molecular weight is 249 g/mol. The van der Waals surface area contributed by atoms with Crippen molar-refractivity contribution < 1.29 is 9.90 Å². The predicted molar refractivity (Wildman–Crippen MR) is 75.0 cm³/mol. The quantitative estimate of drug-likeness (QED) is 0.415. The summed E-state index contributed by atoms with van der Waals surface area (Å²) in [6, 6.07) is 0. The Kier molecular flexibility index (Phi) is 12.8. The molecule has 0 spiro atoms. The lowest BCUT2D eigenvalue weighted by Crippen LogP contribution is -2.21. The van der Waals surface area contributed by atoms with E-state index in [-0.39, 0.29) is 6.42 Å². The number of carboxylic acids is 1. The lowest BCUT2D eigenvalue weighted by Gasteiger charge is -1.99. The molecule has 0 aliphatic carbocycles. The van der Waals surface area contributed by atoms with Gasteiger partial charge in [0.1, 0.15) is 0 Å². The van der Waals surface area contributed by atoms with Gasteiger partial charge in [-0.05, 0) is 44.9 Å². The fraction of sp³-hybridized carbons (Fsp3) is 0.562. The number of unbranched alkanes of at least 4 members (excludes halogenated alkanes) is 3. The van der Waals surface area contributed by atoms with Crippen molar-refractivity contribution in [3.8, 4) is 0 Å². The molecule has 0 aliphatic rings. The first-order valence-electron chi connectivity index (χ1n) is 6.92. The lowest BCUT2D eigenvalue weighted by atomic mass is 10.1. The van der Waals surface area contributed by atoms with Crippen LogP contribution in [-0.4, -0.2) is 5.97 Å². The number of carbonyl (C=O) groups is 1. The van der Waals surface area contributed by atoms with Crippen LogP contribution in [0.25, 0.3) is 0 Å². The summed E-state index contributed by atoms with van der Waals surface area (Å²) in [5.74, 6) is -0.937. The van der Waals surface area contributed by atoms with Gasteiger partial charge in [0.2, 0.25) is 0 Å². The molecule has 0 bridgehead atoms. The van der Waals surface area contributed by atoms with Gasteiger partial charge in [-0.15, -0.1) is 0 Å². The number of aliphatic carboxylic acids is 1. The first kappa shape index (κ1) is 16.7. The van der Waals surface area contributed by atoms with E-state index in [9.17, 15) is 9.90 Å². The fourth-order valence-corrected chi connectivity index (χ4v) is 1.53. The van der Waals surface area contributed by atoms with Crippen molar-refractivity contribution in [2.45, 2.75) is 58.3 Å². The molecule has 0 radical (unpaired) electrons. The first-order valence-corrected chi connectivity index (χ1v) is 6.92. The molecule has 0 aromatic carbocycles. The highest BCUT2D eigenvalue weighted by molar-refractivity contribution is 5.63. The molecule has 0 aromatic rings. The zero-order valence-electron chi connectivity index (χ0n) is 11.4. The topological polar surface area (TPSA) is 40.1 Å². The maximum atomic E-state index is 10.2. The number of hydrogen-bond donors (Lipinski definition) is 0. The minimum atomic E-state index is -0.937. The molecule has 0 N–H and O–H groups in total. The van der Waals surface area contributed by atoms with E-state index < -0.39 is 5.97 Å². The normalized spacial score (nSPS) is 12.1. The second kappa shape index (κ2) is 13.8. The van der Waals surface area contributed by atoms with E-state index in [1.54, 1.807) is 0 Å². The Morgan fingerprint density at radius 1 is 0.889 bits per heavy atom. The number of carboxylic acid groups (broad SMARTS) is 1. The van der Waals surface area contributed by atoms with Crippen molar-refractivity contribution in [2.75, 3.05) is 0 Å². The SMILES string of the molecule is CC/C=C\C/C=C\C/C=C\CCCCCC(=O)[O-]. The third-order valence-corrected chi connectivity index (χ3v) is 2.53. The van der Waals surface area contributed by atoms with Crippen LogP contribution in [0.15, 0.2) is 36.5 Å². The van der Waals surface area contributed by atoms with Gasteiger partial charge in [0.25, 0.3) is 0 Å². The summed E-state index contributed by atoms with van der Waals surface area (Å²) in [6.45, 7) is 2.13. The number of carbonyl (C=O) groups excluding carboxylic acids is 1. The summed E-state index contributed by atoms with van der Waals surface area (Å²) in [5, 5.41) is 10.2. The summed E-state index contributed by atoms with van der Waals surface area (Å²) in [6.07, 6.45) is 20.1. The lowest BCUT2D eigenvalue weighted by molar-refractivity contribution is -0.305. The summed E-state index contributed by atoms with van der Waals surface area (Å²) in [5.41, 5.74) is 0. The molecular formula is C16H25O2-. The molecule has 0 aliphatic heterocycles. The van der Waals surface area contributed by atoms with Crippen LogP contribution in [0.5, 0.6) is 0 Å². The molecule has 0 unspecified atom stereocenters. The van der Waals surface area contributed by atoms with Gasteiger partial charge in [0, 0.05) is 5.97 Å². The molecule has 0 rings (SSSR count). The van der Waals surface area contributed by atoms with Crippen LogP contribution in [0.4, 0.5) is 0 Å². The van der Waals surface area contributed by atoms with Gasteiger partial charge in [-0.3, -0.25) is 0 Å². The Balaban J connectivity index is 3.27. The van der Waals surface area contributed by atoms with Crippen molar-refractivity contribution in [1.29, 1.82) is 0 Å². The molecular weight excluding hydrogens is 224 g/mol. The molecule has 0 saturated heterocycles. The molecule has 0 aromatic heterocycles. The van der Waals surface area contributed by atoms with E-state index in [2.05, 4.69) is 43.4 Å². The van der Waals surface area contributed by atoms with Crippen molar-refractivity contribution >= 4 is 5.97 Å². The van der Waals surface area contributed by atoms with Gasteiger partial charge >= 0.3 is 0 Å². The Labute approximate surface area is 111 Å². The van der Waals surface area contributed by atoms with Crippen LogP contribution in [0.3, 0.4) is 0 Å². The largest absolute Gasteiger partial charge is 0.550 e. The number of allylic oxidation sites excluding steroid dienone is 6. The van der Waals surface area contributed by atoms with Crippen molar-refractivity contribution in [3.05, 3.63) is 36.5 Å². The van der Waals surface area contributed by atoms with Crippen molar-refractivity contribution in [3.63, 3.8) is 0 Å². The fourth-order valence-electron chi connectivity index (χ4n) is 1.53. The van der Waals surface area contributed by atoms with E-state index >= 15 is 0 Å². The van der Waals surface area contributed by atoms with E-state index in [1.807, 2.05) is 0 Å². The maximum Gasteiger partial charge on any atom is 0.0414 e. The standard InChI is InChI=1S/C16H26O2/c1-2-3-4-5-6-7-8-9-10-11-12-13-14-15-16(17)18/h3-4,6-7,9-10H,2,5,8,11-15H2,1H3,(H,17,18)/p-1/b4-3-,7-6-,10-9-. The summed E-state index contributed by atoms with van der Waals surface area (Å²) in [4.78, 5) is 10.2. The molecule has 0 heterocycles. The Bertz CT molecular complexity index is 275. The monoisotopic (exact) mass is 249 g/mol. The van der Waals surface area contributed by atoms with Gasteiger partial charge < -0.3 is 9.90 Å². The predicted octanol–water partition coefficient (Wildman–Crippen LogP) is 3.55. The summed E-state index contributed by atoms with van der Waals surface area (Å²) < 4.78 is 0. The van der Waals surface area contributed by atoms with Gasteiger partial charge in [0.15, 0.2) is 0 Å². The maximum absolute atomic E-state index is 10.2. The van der Waals surface area contributed by atoms with E-state index in [1.165, 1.54) is 0 Å². The summed E-state index contributed by atoms with van der Waals surface area (Å²) >= 11 is 0. The summed E-state index contributed by atoms with van der Waals surface area (Å²) in [7, 11) is 0. The van der Waals surface area contributed by atoms with Crippen LogP contribution in [0.2, 0.25) is 0 Å². The molecule has 0 atom stereocenters. The van der Waals surface area contributed by atoms with E-state index in [4.69, 9.17) is 0 Å². The van der Waals surface area contributed by atoms with Crippen LogP contribution >= 0.6 is 0 Å². The minimum absolute atomic E-state index is 0.192. The highest BCUT2D eigenvalue weighted by atomic mass is 16.4. The Morgan fingerprint density at radius 3 is 2.11 bits per heavy atom. The molecule has 2 nitrogen and oxygen atoms in total.